The molecule has 0 atom stereocenters. The van der Waals surface area contributed by atoms with Crippen LogP contribution in [-0.4, -0.2) is 0 Å². The van der Waals surface area contributed by atoms with Gasteiger partial charge in [-0.2, -0.15) is 0 Å². The van der Waals surface area contributed by atoms with Gasteiger partial charge in [-0.15, -0.1) is 0 Å². The molecule has 0 saturated heterocycles. The standard InChI is InChI=1S/C20H12BrI/c21-19-10-9-14(12-20(19)22)18-11-13-5-1-2-6-15(13)16-7-3-4-8-17(16)18/h1-12H. The Hall–Kier alpha value is -1.39. The lowest BCUT2D eigenvalue weighted by molar-refractivity contribution is 1.57. The topological polar surface area (TPSA) is 0 Å². The predicted molar refractivity (Wildman–Crippen MR) is 107 cm³/mol. The van der Waals surface area contributed by atoms with Gasteiger partial charge in [0, 0.05) is 8.04 Å². The average molecular weight is 459 g/mol. The molecule has 2 heteroatoms. The molecule has 4 aromatic rings. The molecule has 0 nitrogen and oxygen atoms in total. The highest BCUT2D eigenvalue weighted by atomic mass is 127. The lowest BCUT2D eigenvalue weighted by atomic mass is 9.93. The van der Waals surface area contributed by atoms with Crippen LogP contribution in [0.3, 0.4) is 0 Å². The Balaban J connectivity index is 2.13. The van der Waals surface area contributed by atoms with Gasteiger partial charge in [0.15, 0.2) is 0 Å². The summed E-state index contributed by atoms with van der Waals surface area (Å²) in [4.78, 5) is 0. The fraction of sp³-hybridized carbons (Fsp3) is 0. The third-order valence-electron chi connectivity index (χ3n) is 4.00. The second-order valence-corrected chi connectivity index (χ2v) is 7.34. The summed E-state index contributed by atoms with van der Waals surface area (Å²) >= 11 is 5.96. The highest BCUT2D eigenvalue weighted by molar-refractivity contribution is 14.1. The van der Waals surface area contributed by atoms with E-state index in [1.807, 2.05) is 0 Å². The fourth-order valence-corrected chi connectivity index (χ4v) is 3.72. The summed E-state index contributed by atoms with van der Waals surface area (Å²) in [6.45, 7) is 0. The Labute approximate surface area is 151 Å². The molecule has 0 spiro atoms. The van der Waals surface area contributed by atoms with Crippen molar-refractivity contribution in [1.29, 1.82) is 0 Å². The van der Waals surface area contributed by atoms with Gasteiger partial charge in [0.25, 0.3) is 0 Å². The van der Waals surface area contributed by atoms with Gasteiger partial charge in [-0.3, -0.25) is 0 Å². The van der Waals surface area contributed by atoms with Gasteiger partial charge in [-0.05, 0) is 89.4 Å². The van der Waals surface area contributed by atoms with Crippen LogP contribution in [0.5, 0.6) is 0 Å². The molecular formula is C20H12BrI. The number of hydrogen-bond donors (Lipinski definition) is 0. The Morgan fingerprint density at radius 3 is 2.14 bits per heavy atom. The number of rotatable bonds is 1. The maximum absolute atomic E-state index is 3.58. The van der Waals surface area contributed by atoms with Crippen LogP contribution in [0.4, 0.5) is 0 Å². The summed E-state index contributed by atoms with van der Waals surface area (Å²) in [5.74, 6) is 0. The van der Waals surface area contributed by atoms with Crippen molar-refractivity contribution in [3.8, 4) is 11.1 Å². The van der Waals surface area contributed by atoms with Crippen LogP contribution < -0.4 is 0 Å². The van der Waals surface area contributed by atoms with Crippen LogP contribution in [-0.2, 0) is 0 Å². The molecule has 0 aliphatic carbocycles. The van der Waals surface area contributed by atoms with Crippen molar-refractivity contribution in [3.63, 3.8) is 0 Å². The highest BCUT2D eigenvalue weighted by Gasteiger charge is 2.09. The van der Waals surface area contributed by atoms with Crippen LogP contribution in [0, 0.1) is 3.57 Å². The molecule has 0 saturated carbocycles. The molecule has 4 aromatic carbocycles. The van der Waals surface area contributed by atoms with E-state index in [0.29, 0.717) is 0 Å². The van der Waals surface area contributed by atoms with Crippen molar-refractivity contribution in [3.05, 3.63) is 80.8 Å². The molecule has 0 bridgehead atoms. The van der Waals surface area contributed by atoms with Gasteiger partial charge in [-0.25, -0.2) is 0 Å². The summed E-state index contributed by atoms with van der Waals surface area (Å²) in [7, 11) is 0. The van der Waals surface area contributed by atoms with E-state index in [4.69, 9.17) is 0 Å². The molecule has 106 valence electrons. The second-order valence-electron chi connectivity index (χ2n) is 5.32. The Kier molecular flexibility index (Phi) is 3.66. The molecule has 0 radical (unpaired) electrons. The Morgan fingerprint density at radius 1 is 0.682 bits per heavy atom. The summed E-state index contributed by atoms with van der Waals surface area (Å²) in [6, 6.07) is 26.1. The van der Waals surface area contributed by atoms with Crippen molar-refractivity contribution >= 4 is 60.1 Å². The summed E-state index contributed by atoms with van der Waals surface area (Å²) in [5, 5.41) is 5.22. The molecule has 4 rings (SSSR count). The van der Waals surface area contributed by atoms with Gasteiger partial charge in [0.2, 0.25) is 0 Å². The van der Waals surface area contributed by atoms with E-state index in [1.165, 1.54) is 36.2 Å². The van der Waals surface area contributed by atoms with Crippen LogP contribution in [0.2, 0.25) is 0 Å². The number of halogens is 2. The van der Waals surface area contributed by atoms with E-state index in [0.717, 1.165) is 4.47 Å². The quantitative estimate of drug-likeness (QED) is 0.212. The fourth-order valence-electron chi connectivity index (χ4n) is 2.96. The van der Waals surface area contributed by atoms with Crippen molar-refractivity contribution in [1.82, 2.24) is 0 Å². The first-order valence-corrected chi connectivity index (χ1v) is 8.97. The first-order valence-electron chi connectivity index (χ1n) is 7.10. The van der Waals surface area contributed by atoms with Crippen molar-refractivity contribution in [2.24, 2.45) is 0 Å². The van der Waals surface area contributed by atoms with Gasteiger partial charge in [0.1, 0.15) is 0 Å². The van der Waals surface area contributed by atoms with Gasteiger partial charge < -0.3 is 0 Å². The lowest BCUT2D eigenvalue weighted by Gasteiger charge is -2.11. The second kappa shape index (κ2) is 5.67. The normalized spacial score (nSPS) is 11.2. The van der Waals surface area contributed by atoms with Crippen LogP contribution in [0.25, 0.3) is 32.7 Å². The van der Waals surface area contributed by atoms with E-state index >= 15 is 0 Å². The zero-order chi connectivity index (χ0) is 15.1. The maximum atomic E-state index is 3.58. The summed E-state index contributed by atoms with van der Waals surface area (Å²) in [5.41, 5.74) is 2.55. The van der Waals surface area contributed by atoms with E-state index in [2.05, 4.69) is 111 Å². The number of hydrogen-bond acceptors (Lipinski definition) is 0. The van der Waals surface area contributed by atoms with Gasteiger partial charge in [0.05, 0.1) is 0 Å². The SMILES string of the molecule is Brc1ccc(-c2cc3ccccc3c3ccccc23)cc1I. The molecule has 0 N–H and O–H groups in total. The van der Waals surface area contributed by atoms with E-state index in [1.54, 1.807) is 0 Å². The monoisotopic (exact) mass is 458 g/mol. The lowest BCUT2D eigenvalue weighted by Crippen LogP contribution is -1.85. The molecule has 0 aromatic heterocycles. The minimum Gasteiger partial charge on any atom is -0.0616 e. The number of fused-ring (bicyclic) bond motifs is 3. The van der Waals surface area contributed by atoms with Crippen molar-refractivity contribution in [2.45, 2.75) is 0 Å². The minimum atomic E-state index is 1.14. The zero-order valence-electron chi connectivity index (χ0n) is 11.7. The summed E-state index contributed by atoms with van der Waals surface area (Å²) in [6.07, 6.45) is 0. The average Bonchev–Trinajstić information content (AvgIpc) is 2.57. The zero-order valence-corrected chi connectivity index (χ0v) is 15.4. The Bertz CT molecular complexity index is 1000. The van der Waals surface area contributed by atoms with Crippen molar-refractivity contribution in [2.75, 3.05) is 0 Å². The van der Waals surface area contributed by atoms with Crippen molar-refractivity contribution < 1.29 is 0 Å². The van der Waals surface area contributed by atoms with Gasteiger partial charge in [-0.1, -0.05) is 54.6 Å². The van der Waals surface area contributed by atoms with Crippen LogP contribution in [0.15, 0.2) is 77.3 Å². The van der Waals surface area contributed by atoms with Crippen LogP contribution in [0.1, 0.15) is 0 Å². The van der Waals surface area contributed by atoms with E-state index < -0.39 is 0 Å². The molecule has 0 heterocycles. The van der Waals surface area contributed by atoms with Gasteiger partial charge >= 0.3 is 0 Å². The van der Waals surface area contributed by atoms with E-state index in [-0.39, 0.29) is 0 Å². The molecule has 0 amide bonds. The van der Waals surface area contributed by atoms with Crippen LogP contribution >= 0.6 is 38.5 Å². The van der Waals surface area contributed by atoms with E-state index in [9.17, 15) is 0 Å². The molecular weight excluding hydrogens is 447 g/mol. The first-order chi connectivity index (χ1) is 10.7. The molecule has 0 aliphatic rings. The largest absolute Gasteiger partial charge is 0.0616 e. The first kappa shape index (κ1) is 14.2. The molecule has 0 fully saturated rings. The summed E-state index contributed by atoms with van der Waals surface area (Å²) < 4.78 is 2.37. The third-order valence-corrected chi connectivity index (χ3v) is 6.32. The predicted octanol–water partition coefficient (Wildman–Crippen LogP) is 7.03. The molecule has 0 aliphatic heterocycles. The number of benzene rings is 4. The minimum absolute atomic E-state index is 1.14. The maximum Gasteiger partial charge on any atom is 0.0309 e. The molecule has 0 unspecified atom stereocenters. The smallest absolute Gasteiger partial charge is 0.0309 e. The molecule has 22 heavy (non-hydrogen) atoms. The Morgan fingerprint density at radius 2 is 1.36 bits per heavy atom. The third kappa shape index (κ3) is 2.34. The highest BCUT2D eigenvalue weighted by Crippen LogP contribution is 2.36.